The van der Waals surface area contributed by atoms with Gasteiger partial charge < -0.3 is 9.40 Å². The van der Waals surface area contributed by atoms with Crippen LogP contribution in [0.3, 0.4) is 0 Å². The van der Waals surface area contributed by atoms with Gasteiger partial charge >= 0.3 is 132 Å². The molecule has 0 unspecified atom stereocenters. The first-order valence-electron chi connectivity index (χ1n) is 16.9. The number of nitrogens with zero attached hydrogens (tertiary/aromatic N) is 2. The molecule has 0 atom stereocenters. The average Bonchev–Trinajstić information content (AvgIpc) is 3.68. The Morgan fingerprint density at radius 3 is 2.31 bits per heavy atom. The largest absolute Gasteiger partial charge is 0.500 e. The topological polar surface area (TPSA) is 38.9 Å². The van der Waals surface area contributed by atoms with Crippen molar-refractivity contribution in [3.63, 3.8) is 0 Å². The molecule has 1 saturated carbocycles. The van der Waals surface area contributed by atoms with E-state index in [2.05, 4.69) is 85.6 Å². The second kappa shape index (κ2) is 15.2. The molecule has 1 aliphatic rings. The van der Waals surface area contributed by atoms with Crippen molar-refractivity contribution in [1.29, 1.82) is 0 Å². The number of furan rings is 1. The van der Waals surface area contributed by atoms with E-state index in [0.29, 0.717) is 11.0 Å². The van der Waals surface area contributed by atoms with Gasteiger partial charge in [0.25, 0.3) is 0 Å². The molecule has 1 aliphatic carbocycles. The molecule has 3 heterocycles. The standard InChI is InChI=1S/C23H19FNO.C19H26GeN.Ir/c24-18-6-8-23-20(14-18)19-13-17(5-7-22(19)26-23)21-12-16(9-10-25-21)11-15-3-1-2-4-15;1-19(2,3)13-16-12-18(15-10-8-7-9-11-15)21-14-17(16)20(4,5)6;/h6-10,12-15H,1-4,11H2;7-10,12,14H,13H2,1-6H3;/q2*-1;. The van der Waals surface area contributed by atoms with Crippen LogP contribution in [0.25, 0.3) is 44.5 Å². The number of fused-ring (bicyclic) bond motifs is 3. The Labute approximate surface area is 301 Å². The fourth-order valence-electron chi connectivity index (χ4n) is 6.73. The molecule has 48 heavy (non-hydrogen) atoms. The molecule has 0 N–H and O–H groups in total. The van der Waals surface area contributed by atoms with Crippen LogP contribution in [0.15, 0.2) is 89.6 Å². The van der Waals surface area contributed by atoms with Crippen LogP contribution in [0.1, 0.15) is 57.6 Å². The van der Waals surface area contributed by atoms with Crippen molar-refractivity contribution in [3.8, 4) is 22.5 Å². The van der Waals surface area contributed by atoms with E-state index in [0.717, 1.165) is 57.6 Å². The number of hydrogen-bond donors (Lipinski definition) is 0. The minimum atomic E-state index is -1.90. The van der Waals surface area contributed by atoms with Gasteiger partial charge in [0.05, 0.1) is 5.58 Å². The molecule has 3 nitrogen and oxygen atoms in total. The number of rotatable bonds is 6. The van der Waals surface area contributed by atoms with Crippen molar-refractivity contribution in [2.75, 3.05) is 0 Å². The van der Waals surface area contributed by atoms with Gasteiger partial charge in [-0.25, -0.2) is 4.39 Å². The molecular weight excluding hydrogens is 832 g/mol. The summed E-state index contributed by atoms with van der Waals surface area (Å²) < 4.78 is 21.0. The summed E-state index contributed by atoms with van der Waals surface area (Å²) in [5.74, 6) is 7.87. The quantitative estimate of drug-likeness (QED) is 0.124. The second-order valence-electron chi connectivity index (χ2n) is 15.3. The van der Waals surface area contributed by atoms with E-state index in [9.17, 15) is 4.39 Å². The fourth-order valence-corrected chi connectivity index (χ4v) is 10.0. The van der Waals surface area contributed by atoms with Crippen molar-refractivity contribution in [2.24, 2.45) is 11.3 Å². The summed E-state index contributed by atoms with van der Waals surface area (Å²) in [7, 11) is 0. The molecule has 6 aromatic rings. The summed E-state index contributed by atoms with van der Waals surface area (Å²) in [6, 6.07) is 29.7. The first kappa shape index (κ1) is 36.2. The van der Waals surface area contributed by atoms with Crippen LogP contribution < -0.4 is 4.40 Å². The van der Waals surface area contributed by atoms with Gasteiger partial charge in [0.15, 0.2) is 0 Å². The third kappa shape index (κ3) is 8.91. The normalized spacial score (nSPS) is 13.7. The second-order valence-corrected chi connectivity index (χ2v) is 25.8. The zero-order valence-electron chi connectivity index (χ0n) is 28.9. The average molecular weight is 878 g/mol. The molecule has 3 aromatic carbocycles. The van der Waals surface area contributed by atoms with Gasteiger partial charge in [0.2, 0.25) is 0 Å². The molecule has 6 heteroatoms. The SMILES string of the molecule is CC(C)(C)Cc1cc(-c2[c-]cccc2)nc[c]1[Ge]([CH3])([CH3])[CH3].Fc1ccc2oc3c[c-]c(-c4cc(CC5CCCC5)ccn4)cc3c2c1.[Ir]. The number of benzene rings is 3. The molecule has 0 amide bonds. The summed E-state index contributed by atoms with van der Waals surface area (Å²) in [5.41, 5.74) is 8.47. The van der Waals surface area contributed by atoms with Gasteiger partial charge in [0, 0.05) is 31.7 Å². The smallest absolute Gasteiger partial charge is 0.124 e. The number of pyridine rings is 2. The Morgan fingerprint density at radius 1 is 0.854 bits per heavy atom. The van der Waals surface area contributed by atoms with Gasteiger partial charge in [-0.15, -0.1) is 23.8 Å². The predicted molar refractivity (Wildman–Crippen MR) is 196 cm³/mol. The molecule has 1 fully saturated rings. The number of aromatic nitrogens is 2. The van der Waals surface area contributed by atoms with Crippen molar-refractivity contribution >= 4 is 39.6 Å². The Morgan fingerprint density at radius 2 is 1.60 bits per heavy atom. The first-order valence-corrected chi connectivity index (χ1v) is 24.2. The Balaban J connectivity index is 0.000000189. The molecule has 0 bridgehead atoms. The van der Waals surface area contributed by atoms with E-state index < -0.39 is 13.3 Å². The Kier molecular flexibility index (Phi) is 11.4. The van der Waals surface area contributed by atoms with Crippen LogP contribution in [0.5, 0.6) is 0 Å². The Bertz CT molecular complexity index is 1990. The molecule has 251 valence electrons. The van der Waals surface area contributed by atoms with E-state index in [1.54, 1.807) is 6.07 Å². The predicted octanol–water partition coefficient (Wildman–Crippen LogP) is 11.0. The maximum absolute atomic E-state index is 13.7. The third-order valence-electron chi connectivity index (χ3n) is 8.97. The van der Waals surface area contributed by atoms with Crippen LogP contribution in [0.4, 0.5) is 4.39 Å². The number of halogens is 1. The molecule has 0 aliphatic heterocycles. The van der Waals surface area contributed by atoms with Gasteiger partial charge in [-0.2, -0.15) is 0 Å². The maximum Gasteiger partial charge on any atom is 0.124 e. The van der Waals surface area contributed by atoms with Gasteiger partial charge in [0.1, 0.15) is 11.4 Å². The van der Waals surface area contributed by atoms with Crippen LogP contribution >= 0.6 is 0 Å². The van der Waals surface area contributed by atoms with Gasteiger partial charge in [-0.05, 0) is 42.3 Å². The summed E-state index contributed by atoms with van der Waals surface area (Å²) in [4.78, 5) is 9.26. The van der Waals surface area contributed by atoms with E-state index >= 15 is 0 Å². The summed E-state index contributed by atoms with van der Waals surface area (Å²) in [5, 5.41) is 1.69. The zero-order chi connectivity index (χ0) is 33.2. The minimum Gasteiger partial charge on any atom is -0.500 e. The third-order valence-corrected chi connectivity index (χ3v) is 13.3. The van der Waals surface area contributed by atoms with E-state index in [1.165, 1.54) is 53.3 Å². The minimum absolute atomic E-state index is 0. The van der Waals surface area contributed by atoms with Crippen molar-refractivity contribution < 1.29 is 28.9 Å². The molecule has 0 saturated heterocycles. The monoisotopic (exact) mass is 879 g/mol. The first-order chi connectivity index (χ1) is 22.4. The van der Waals surface area contributed by atoms with Crippen molar-refractivity contribution in [3.05, 3.63) is 114 Å². The van der Waals surface area contributed by atoms with E-state index in [-0.39, 0.29) is 25.9 Å². The molecule has 3 aromatic heterocycles. The van der Waals surface area contributed by atoms with E-state index in [4.69, 9.17) is 9.40 Å². The van der Waals surface area contributed by atoms with Crippen LogP contribution in [0, 0.1) is 29.3 Å². The zero-order valence-corrected chi connectivity index (χ0v) is 33.4. The number of hydrogen-bond acceptors (Lipinski definition) is 3. The van der Waals surface area contributed by atoms with Crippen LogP contribution in [-0.4, -0.2) is 23.2 Å². The van der Waals surface area contributed by atoms with Crippen LogP contribution in [0.2, 0.25) is 17.3 Å². The molecule has 1 radical (unpaired) electrons. The van der Waals surface area contributed by atoms with Gasteiger partial charge in [-0.1, -0.05) is 42.7 Å². The van der Waals surface area contributed by atoms with Crippen molar-refractivity contribution in [2.45, 2.75) is 76.6 Å². The molecular formula is C42H45FGeIrN2O-2. The summed E-state index contributed by atoms with van der Waals surface area (Å²) >= 11 is -1.90. The summed E-state index contributed by atoms with van der Waals surface area (Å²) in [6.45, 7) is 6.92. The van der Waals surface area contributed by atoms with Crippen LogP contribution in [-0.2, 0) is 32.9 Å². The fraction of sp³-hybridized carbons (Fsp3) is 0.333. The van der Waals surface area contributed by atoms with Crippen molar-refractivity contribution in [1.82, 2.24) is 9.97 Å². The maximum atomic E-state index is 13.7. The molecule has 0 spiro atoms. The summed E-state index contributed by atoms with van der Waals surface area (Å²) in [6.07, 6.45) is 11.6. The molecule has 7 rings (SSSR count). The Hall–Kier alpha value is -3.12. The van der Waals surface area contributed by atoms with E-state index in [1.807, 2.05) is 36.5 Å². The van der Waals surface area contributed by atoms with Gasteiger partial charge in [-0.3, -0.25) is 0 Å².